The average molecular weight is 317 g/mol. The van der Waals surface area contributed by atoms with Crippen molar-refractivity contribution in [1.29, 1.82) is 0 Å². The number of rotatable bonds is 3. The molecule has 0 amide bonds. The summed E-state index contributed by atoms with van der Waals surface area (Å²) in [5.41, 5.74) is 8.13. The molecular formula is C16H13ClN2OS. The van der Waals surface area contributed by atoms with Crippen LogP contribution in [0.1, 0.15) is 5.56 Å². The zero-order chi connectivity index (χ0) is 14.8. The second-order valence-corrected chi connectivity index (χ2v) is 6.44. The summed E-state index contributed by atoms with van der Waals surface area (Å²) in [4.78, 5) is 4.87. The Morgan fingerprint density at radius 1 is 1.10 bits per heavy atom. The van der Waals surface area contributed by atoms with E-state index >= 15 is 0 Å². The van der Waals surface area contributed by atoms with Crippen LogP contribution in [-0.4, -0.2) is 9.19 Å². The molecule has 0 aliphatic carbocycles. The van der Waals surface area contributed by atoms with Crippen LogP contribution in [0, 0.1) is 0 Å². The maximum absolute atomic E-state index is 12.6. The Labute approximate surface area is 130 Å². The van der Waals surface area contributed by atoms with Crippen LogP contribution in [0.4, 0.5) is 5.69 Å². The lowest BCUT2D eigenvalue weighted by Gasteiger charge is -2.09. The standard InChI is InChI=1S/C16H13ClN2OS/c17-13-7-2-8-14(18)16(13)21(20)10-12-5-1-4-11-6-3-9-19-15(11)12/h1-9H,10,18H2. The van der Waals surface area contributed by atoms with Crippen LogP contribution in [0.25, 0.3) is 10.9 Å². The molecule has 3 rings (SSSR count). The topological polar surface area (TPSA) is 56.0 Å². The molecule has 0 spiro atoms. The number of para-hydroxylation sites is 1. The summed E-state index contributed by atoms with van der Waals surface area (Å²) in [7, 11) is -1.31. The molecule has 1 aromatic heterocycles. The number of nitrogens with zero attached hydrogens (tertiary/aromatic N) is 1. The van der Waals surface area contributed by atoms with Gasteiger partial charge in [0.15, 0.2) is 0 Å². The van der Waals surface area contributed by atoms with E-state index in [1.165, 1.54) is 0 Å². The fraction of sp³-hybridized carbons (Fsp3) is 0.0625. The molecule has 2 N–H and O–H groups in total. The van der Waals surface area contributed by atoms with Gasteiger partial charge in [0.05, 0.1) is 32.0 Å². The Hall–Kier alpha value is -1.91. The lowest BCUT2D eigenvalue weighted by atomic mass is 10.1. The molecule has 0 saturated carbocycles. The van der Waals surface area contributed by atoms with E-state index in [0.29, 0.717) is 21.4 Å². The van der Waals surface area contributed by atoms with E-state index in [1.807, 2.05) is 30.3 Å². The third-order valence-corrected chi connectivity index (χ3v) is 5.14. The first-order chi connectivity index (χ1) is 10.2. The van der Waals surface area contributed by atoms with E-state index in [-0.39, 0.29) is 0 Å². The van der Waals surface area contributed by atoms with E-state index in [4.69, 9.17) is 17.3 Å². The summed E-state index contributed by atoms with van der Waals surface area (Å²) in [5, 5.41) is 1.46. The number of fused-ring (bicyclic) bond motifs is 1. The number of pyridine rings is 1. The summed E-state index contributed by atoms with van der Waals surface area (Å²) in [6, 6.07) is 14.9. The maximum atomic E-state index is 12.6. The molecule has 1 unspecified atom stereocenters. The number of anilines is 1. The minimum Gasteiger partial charge on any atom is -0.398 e. The minimum absolute atomic E-state index is 0.336. The number of hydrogen-bond acceptors (Lipinski definition) is 3. The van der Waals surface area contributed by atoms with Crippen LogP contribution in [-0.2, 0) is 16.6 Å². The number of hydrogen-bond donors (Lipinski definition) is 1. The quantitative estimate of drug-likeness (QED) is 0.748. The Balaban J connectivity index is 2.01. The summed E-state index contributed by atoms with van der Waals surface area (Å²) < 4.78 is 12.6. The largest absolute Gasteiger partial charge is 0.398 e. The highest BCUT2D eigenvalue weighted by Crippen LogP contribution is 2.28. The second-order valence-electron chi connectivity index (χ2n) is 4.64. The molecule has 106 valence electrons. The SMILES string of the molecule is Nc1cccc(Cl)c1S(=O)Cc1cccc2cccnc12. The fourth-order valence-corrected chi connectivity index (χ4v) is 3.98. The smallest absolute Gasteiger partial charge is 0.0806 e. The van der Waals surface area contributed by atoms with Gasteiger partial charge in [0, 0.05) is 17.3 Å². The summed E-state index contributed by atoms with van der Waals surface area (Å²) in [5.74, 6) is 0.336. The van der Waals surface area contributed by atoms with Crippen LogP contribution in [0.15, 0.2) is 59.6 Å². The van der Waals surface area contributed by atoms with Gasteiger partial charge in [0.1, 0.15) is 0 Å². The third-order valence-electron chi connectivity index (χ3n) is 3.23. The van der Waals surface area contributed by atoms with E-state index in [0.717, 1.165) is 16.5 Å². The predicted molar refractivity (Wildman–Crippen MR) is 87.7 cm³/mol. The van der Waals surface area contributed by atoms with Crippen molar-refractivity contribution in [3.05, 3.63) is 65.3 Å². The van der Waals surface area contributed by atoms with Crippen molar-refractivity contribution in [1.82, 2.24) is 4.98 Å². The van der Waals surface area contributed by atoms with Crippen LogP contribution in [0.3, 0.4) is 0 Å². The predicted octanol–water partition coefficient (Wildman–Crippen LogP) is 3.78. The van der Waals surface area contributed by atoms with Gasteiger partial charge in [-0.2, -0.15) is 0 Å². The maximum Gasteiger partial charge on any atom is 0.0806 e. The lowest BCUT2D eigenvalue weighted by molar-refractivity contribution is 0.683. The van der Waals surface area contributed by atoms with E-state index < -0.39 is 10.8 Å². The van der Waals surface area contributed by atoms with Crippen molar-refractivity contribution in [2.75, 3.05) is 5.73 Å². The molecule has 0 aliphatic rings. The van der Waals surface area contributed by atoms with E-state index in [1.54, 1.807) is 24.4 Å². The van der Waals surface area contributed by atoms with Gasteiger partial charge < -0.3 is 5.73 Å². The minimum atomic E-state index is -1.31. The second kappa shape index (κ2) is 5.84. The van der Waals surface area contributed by atoms with Gasteiger partial charge in [-0.1, -0.05) is 41.9 Å². The van der Waals surface area contributed by atoms with E-state index in [9.17, 15) is 4.21 Å². The lowest BCUT2D eigenvalue weighted by Crippen LogP contribution is -2.02. The van der Waals surface area contributed by atoms with Crippen molar-refractivity contribution < 1.29 is 4.21 Å². The van der Waals surface area contributed by atoms with Gasteiger partial charge in [0.2, 0.25) is 0 Å². The molecule has 21 heavy (non-hydrogen) atoms. The Morgan fingerprint density at radius 3 is 2.67 bits per heavy atom. The molecule has 0 radical (unpaired) electrons. The van der Waals surface area contributed by atoms with Crippen LogP contribution in [0.2, 0.25) is 5.02 Å². The first-order valence-corrected chi connectivity index (χ1v) is 8.11. The zero-order valence-corrected chi connectivity index (χ0v) is 12.7. The van der Waals surface area contributed by atoms with E-state index in [2.05, 4.69) is 4.98 Å². The van der Waals surface area contributed by atoms with Crippen LogP contribution < -0.4 is 5.73 Å². The highest BCUT2D eigenvalue weighted by atomic mass is 35.5. The van der Waals surface area contributed by atoms with Crippen molar-refractivity contribution in [3.63, 3.8) is 0 Å². The molecule has 0 saturated heterocycles. The molecule has 5 heteroatoms. The molecule has 0 bridgehead atoms. The Morgan fingerprint density at radius 2 is 1.86 bits per heavy atom. The normalized spacial score (nSPS) is 12.4. The summed E-state index contributed by atoms with van der Waals surface area (Å²) in [6.07, 6.45) is 1.73. The molecule has 2 aromatic carbocycles. The molecular weight excluding hydrogens is 304 g/mol. The number of benzene rings is 2. The van der Waals surface area contributed by atoms with Gasteiger partial charge in [-0.05, 0) is 23.8 Å². The van der Waals surface area contributed by atoms with Crippen molar-refractivity contribution >= 4 is 39.0 Å². The Kier molecular flexibility index (Phi) is 3.90. The molecule has 3 aromatic rings. The first-order valence-electron chi connectivity index (χ1n) is 6.42. The number of nitrogen functional groups attached to an aromatic ring is 1. The van der Waals surface area contributed by atoms with Crippen molar-refractivity contribution in [2.24, 2.45) is 0 Å². The van der Waals surface area contributed by atoms with Gasteiger partial charge in [-0.25, -0.2) is 0 Å². The van der Waals surface area contributed by atoms with Crippen molar-refractivity contribution in [3.8, 4) is 0 Å². The number of halogens is 1. The third kappa shape index (κ3) is 2.77. The number of aromatic nitrogens is 1. The van der Waals surface area contributed by atoms with Gasteiger partial charge >= 0.3 is 0 Å². The average Bonchev–Trinajstić information content (AvgIpc) is 2.47. The van der Waals surface area contributed by atoms with Gasteiger partial charge in [-0.15, -0.1) is 0 Å². The van der Waals surface area contributed by atoms with Gasteiger partial charge in [-0.3, -0.25) is 9.19 Å². The summed E-state index contributed by atoms with van der Waals surface area (Å²) >= 11 is 6.12. The van der Waals surface area contributed by atoms with Crippen LogP contribution in [0.5, 0.6) is 0 Å². The van der Waals surface area contributed by atoms with Crippen molar-refractivity contribution in [2.45, 2.75) is 10.6 Å². The van der Waals surface area contributed by atoms with Gasteiger partial charge in [0.25, 0.3) is 0 Å². The van der Waals surface area contributed by atoms with Crippen LogP contribution >= 0.6 is 11.6 Å². The molecule has 0 aliphatic heterocycles. The number of nitrogens with two attached hydrogens (primary N) is 1. The molecule has 0 fully saturated rings. The summed E-state index contributed by atoms with van der Waals surface area (Å²) in [6.45, 7) is 0. The Bertz CT molecular complexity index is 810. The molecule has 1 heterocycles. The highest BCUT2D eigenvalue weighted by molar-refractivity contribution is 7.84. The highest BCUT2D eigenvalue weighted by Gasteiger charge is 2.14. The monoisotopic (exact) mass is 316 g/mol. The first kappa shape index (κ1) is 14.0. The molecule has 3 nitrogen and oxygen atoms in total. The molecule has 1 atom stereocenters. The zero-order valence-electron chi connectivity index (χ0n) is 11.1. The fourth-order valence-electron chi connectivity index (χ4n) is 2.26.